The highest BCUT2D eigenvalue weighted by molar-refractivity contribution is 6.20. The summed E-state index contributed by atoms with van der Waals surface area (Å²) in [7, 11) is 1.60. The van der Waals surface area contributed by atoms with Gasteiger partial charge in [-0.3, -0.25) is 19.6 Å². The topological polar surface area (TPSA) is 92.1 Å². The number of nitrogens with one attached hydrogen (secondary N) is 1. The first-order valence-electron chi connectivity index (χ1n) is 10.7. The highest BCUT2D eigenvalue weighted by Crippen LogP contribution is 2.32. The van der Waals surface area contributed by atoms with Crippen LogP contribution in [0.1, 0.15) is 16.7 Å². The first-order valence-corrected chi connectivity index (χ1v) is 10.7. The van der Waals surface area contributed by atoms with Gasteiger partial charge in [-0.2, -0.15) is 5.10 Å². The number of hydrogen-bond acceptors (Lipinski definition) is 5. The van der Waals surface area contributed by atoms with Gasteiger partial charge in [-0.15, -0.1) is 0 Å². The number of rotatable bonds is 6. The van der Waals surface area contributed by atoms with Crippen LogP contribution >= 0.6 is 0 Å². The van der Waals surface area contributed by atoms with Crippen molar-refractivity contribution < 1.29 is 14.3 Å². The molecule has 0 unspecified atom stereocenters. The van der Waals surface area contributed by atoms with Gasteiger partial charge in [-0.25, -0.2) is 9.48 Å². The second-order valence-corrected chi connectivity index (χ2v) is 7.98. The van der Waals surface area contributed by atoms with Crippen LogP contribution in [0.2, 0.25) is 0 Å². The van der Waals surface area contributed by atoms with Crippen molar-refractivity contribution in [2.75, 3.05) is 31.6 Å². The Bertz CT molecular complexity index is 1250. The van der Waals surface area contributed by atoms with E-state index in [-0.39, 0.29) is 18.5 Å². The maximum atomic E-state index is 13.3. The number of aromatic nitrogens is 2. The number of hydrogen-bond donors (Lipinski definition) is 1. The fourth-order valence-corrected chi connectivity index (χ4v) is 4.06. The van der Waals surface area contributed by atoms with Gasteiger partial charge < -0.3 is 10.1 Å². The molecule has 0 fully saturated rings. The zero-order valence-corrected chi connectivity index (χ0v) is 18.5. The molecule has 0 bridgehead atoms. The smallest absolute Gasteiger partial charge is 0.331 e. The van der Waals surface area contributed by atoms with Gasteiger partial charge in [0.2, 0.25) is 5.91 Å². The summed E-state index contributed by atoms with van der Waals surface area (Å²) in [5, 5.41) is 7.43. The highest BCUT2D eigenvalue weighted by atomic mass is 16.5. The summed E-state index contributed by atoms with van der Waals surface area (Å²) in [5.74, 6) is 1.62. The molecule has 0 saturated heterocycles. The van der Waals surface area contributed by atoms with Crippen molar-refractivity contribution in [1.29, 1.82) is 0 Å². The molecule has 33 heavy (non-hydrogen) atoms. The number of methoxy groups -OCH3 is 1. The van der Waals surface area contributed by atoms with Crippen molar-refractivity contribution in [3.63, 3.8) is 0 Å². The summed E-state index contributed by atoms with van der Waals surface area (Å²) in [6.07, 6.45) is 1.71. The molecule has 3 aromatic rings. The van der Waals surface area contributed by atoms with Crippen LogP contribution in [-0.2, 0) is 11.3 Å². The Hall–Kier alpha value is -4.14. The van der Waals surface area contributed by atoms with Crippen molar-refractivity contribution in [3.8, 4) is 11.4 Å². The minimum atomic E-state index is -0.274. The number of carbonyl (C=O) groups is 2. The van der Waals surface area contributed by atoms with Crippen LogP contribution < -0.4 is 15.0 Å². The van der Waals surface area contributed by atoms with E-state index < -0.39 is 0 Å². The minimum absolute atomic E-state index is 0.128. The van der Waals surface area contributed by atoms with E-state index in [1.54, 1.807) is 22.9 Å². The molecule has 0 aliphatic carbocycles. The van der Waals surface area contributed by atoms with Crippen molar-refractivity contribution in [2.45, 2.75) is 13.5 Å². The van der Waals surface area contributed by atoms with E-state index in [1.807, 2.05) is 55.5 Å². The van der Waals surface area contributed by atoms with E-state index in [4.69, 9.17) is 4.74 Å². The molecule has 2 aromatic carbocycles. The first kappa shape index (κ1) is 20.7. The number of amidine groups is 1. The van der Waals surface area contributed by atoms with Crippen LogP contribution in [0.4, 0.5) is 10.6 Å². The molecule has 3 amide bonds. The number of urea groups is 1. The third-order valence-electron chi connectivity index (χ3n) is 5.75. The predicted octanol–water partition coefficient (Wildman–Crippen LogP) is 2.51. The Balaban J connectivity index is 1.42. The van der Waals surface area contributed by atoms with E-state index in [0.717, 1.165) is 28.1 Å². The standard InChI is InChI=1S/C24H24N6O3/c1-16-6-8-18(9-7-16)30-23-20(14-27-30)22-25-10-11-28(22)24(32)29(23)15-21(31)26-13-17-4-3-5-19(12-17)33-2/h3-9,12,14H,10-11,13,15H2,1-2H3,(H,26,31). The number of benzene rings is 2. The van der Waals surface area contributed by atoms with Crippen LogP contribution in [0.15, 0.2) is 59.7 Å². The van der Waals surface area contributed by atoms with Crippen LogP contribution in [0.25, 0.3) is 5.69 Å². The molecule has 0 saturated carbocycles. The molecular formula is C24H24N6O3. The summed E-state index contributed by atoms with van der Waals surface area (Å²) in [6.45, 7) is 3.24. The van der Waals surface area contributed by atoms with E-state index in [9.17, 15) is 9.59 Å². The van der Waals surface area contributed by atoms with Gasteiger partial charge in [-0.05, 0) is 36.8 Å². The van der Waals surface area contributed by atoms with Crippen LogP contribution in [0.5, 0.6) is 5.75 Å². The quantitative estimate of drug-likeness (QED) is 0.632. The van der Waals surface area contributed by atoms with Gasteiger partial charge in [0.15, 0.2) is 5.82 Å². The molecule has 1 aromatic heterocycles. The summed E-state index contributed by atoms with van der Waals surface area (Å²) in [6, 6.07) is 15.1. The van der Waals surface area contributed by atoms with Crippen molar-refractivity contribution >= 4 is 23.6 Å². The molecule has 1 N–H and O–H groups in total. The van der Waals surface area contributed by atoms with Crippen LogP contribution in [-0.4, -0.2) is 59.2 Å². The molecule has 5 rings (SSSR count). The minimum Gasteiger partial charge on any atom is -0.497 e. The van der Waals surface area contributed by atoms with E-state index >= 15 is 0 Å². The zero-order valence-electron chi connectivity index (χ0n) is 18.5. The van der Waals surface area contributed by atoms with Gasteiger partial charge in [0.05, 0.1) is 31.1 Å². The number of anilines is 1. The number of carbonyl (C=O) groups excluding carboxylic acids is 2. The Labute approximate surface area is 191 Å². The summed E-state index contributed by atoms with van der Waals surface area (Å²) >= 11 is 0. The lowest BCUT2D eigenvalue weighted by molar-refractivity contribution is -0.119. The molecule has 2 aliphatic heterocycles. The molecule has 9 nitrogen and oxygen atoms in total. The lowest BCUT2D eigenvalue weighted by atomic mass is 10.2. The Morgan fingerprint density at radius 1 is 1.18 bits per heavy atom. The van der Waals surface area contributed by atoms with E-state index in [0.29, 0.717) is 31.3 Å². The van der Waals surface area contributed by atoms with Gasteiger partial charge >= 0.3 is 6.03 Å². The molecule has 0 spiro atoms. The summed E-state index contributed by atoms with van der Waals surface area (Å²) in [5.41, 5.74) is 3.58. The second kappa shape index (κ2) is 8.42. The molecule has 0 radical (unpaired) electrons. The van der Waals surface area contributed by atoms with Crippen molar-refractivity contribution in [2.24, 2.45) is 4.99 Å². The number of aliphatic imine (C=N–C) groups is 1. The van der Waals surface area contributed by atoms with Crippen molar-refractivity contribution in [1.82, 2.24) is 20.0 Å². The number of fused-ring (bicyclic) bond motifs is 3. The van der Waals surface area contributed by atoms with Gasteiger partial charge in [0, 0.05) is 13.1 Å². The molecule has 2 aliphatic rings. The normalized spacial score (nSPS) is 14.6. The monoisotopic (exact) mass is 444 g/mol. The average Bonchev–Trinajstić information content (AvgIpc) is 3.49. The number of aryl methyl sites for hydroxylation is 1. The van der Waals surface area contributed by atoms with Gasteiger partial charge in [0.1, 0.15) is 18.1 Å². The Kier molecular flexibility index (Phi) is 5.29. The Morgan fingerprint density at radius 2 is 2.00 bits per heavy atom. The van der Waals surface area contributed by atoms with Gasteiger partial charge in [0.25, 0.3) is 0 Å². The maximum absolute atomic E-state index is 13.3. The first-order chi connectivity index (χ1) is 16.0. The number of amides is 3. The predicted molar refractivity (Wildman–Crippen MR) is 124 cm³/mol. The van der Waals surface area contributed by atoms with Gasteiger partial charge in [-0.1, -0.05) is 29.8 Å². The fraction of sp³-hybridized carbons (Fsp3) is 0.250. The summed E-state index contributed by atoms with van der Waals surface area (Å²) < 4.78 is 6.93. The van der Waals surface area contributed by atoms with Crippen LogP contribution in [0, 0.1) is 6.92 Å². The van der Waals surface area contributed by atoms with Crippen LogP contribution in [0.3, 0.4) is 0 Å². The lowest BCUT2D eigenvalue weighted by Crippen LogP contribution is -2.53. The zero-order chi connectivity index (χ0) is 22.9. The third kappa shape index (κ3) is 3.82. The number of nitrogens with zero attached hydrogens (tertiary/aromatic N) is 5. The largest absolute Gasteiger partial charge is 0.497 e. The average molecular weight is 444 g/mol. The highest BCUT2D eigenvalue weighted by Gasteiger charge is 2.41. The summed E-state index contributed by atoms with van der Waals surface area (Å²) in [4.78, 5) is 33.8. The SMILES string of the molecule is COc1cccc(CNC(=O)CN2C(=O)N3CCN=C3c3cnn(-c4ccc(C)cc4)c32)c1. The Morgan fingerprint density at radius 3 is 2.79 bits per heavy atom. The second-order valence-electron chi connectivity index (χ2n) is 7.98. The molecule has 168 valence electrons. The third-order valence-corrected chi connectivity index (χ3v) is 5.75. The fourth-order valence-electron chi connectivity index (χ4n) is 4.06. The lowest BCUT2D eigenvalue weighted by Gasteiger charge is -2.33. The molecule has 9 heteroatoms. The van der Waals surface area contributed by atoms with Crippen molar-refractivity contribution in [3.05, 3.63) is 71.4 Å². The maximum Gasteiger partial charge on any atom is 0.331 e. The molecular weight excluding hydrogens is 420 g/mol. The van der Waals surface area contributed by atoms with E-state index in [2.05, 4.69) is 15.4 Å². The molecule has 3 heterocycles. The molecule has 0 atom stereocenters. The number of ether oxygens (including phenoxy) is 1. The van der Waals surface area contributed by atoms with E-state index in [1.165, 1.54) is 4.90 Å².